The second-order valence-corrected chi connectivity index (χ2v) is 6.02. The third-order valence-corrected chi connectivity index (χ3v) is 3.92. The Morgan fingerprint density at radius 1 is 1.19 bits per heavy atom. The van der Waals surface area contributed by atoms with Crippen LogP contribution >= 0.6 is 27.3 Å². The van der Waals surface area contributed by atoms with Gasteiger partial charge in [-0.3, -0.25) is 0 Å². The van der Waals surface area contributed by atoms with Crippen LogP contribution in [0.15, 0.2) is 40.2 Å². The van der Waals surface area contributed by atoms with E-state index in [-0.39, 0.29) is 5.82 Å². The van der Waals surface area contributed by atoms with Gasteiger partial charge < -0.3 is 5.11 Å². The molecule has 0 aliphatic heterocycles. The van der Waals surface area contributed by atoms with Crippen molar-refractivity contribution in [1.29, 1.82) is 0 Å². The molecule has 2 rings (SSSR count). The van der Waals surface area contributed by atoms with Crippen molar-refractivity contribution in [2.24, 2.45) is 0 Å². The van der Waals surface area contributed by atoms with Crippen molar-refractivity contribution in [2.75, 3.05) is 0 Å². The first-order valence-electron chi connectivity index (χ1n) is 4.83. The van der Waals surface area contributed by atoms with E-state index in [4.69, 9.17) is 0 Å². The standard InChI is InChI=1S/C12H10BrFOS/c13-12-6-5-10(16-12)7-11(15)8-1-3-9(14)4-2-8/h1-6,11,15H,7H2. The molecule has 0 spiro atoms. The molecule has 1 unspecified atom stereocenters. The highest BCUT2D eigenvalue weighted by atomic mass is 79.9. The molecule has 0 saturated carbocycles. The molecule has 1 heterocycles. The molecule has 0 fully saturated rings. The molecule has 1 aromatic heterocycles. The van der Waals surface area contributed by atoms with Crippen LogP contribution in [-0.4, -0.2) is 5.11 Å². The fourth-order valence-corrected chi connectivity index (χ4v) is 2.97. The average molecular weight is 301 g/mol. The molecule has 1 atom stereocenters. The topological polar surface area (TPSA) is 20.2 Å². The van der Waals surface area contributed by atoms with E-state index in [1.165, 1.54) is 12.1 Å². The first kappa shape index (κ1) is 11.8. The SMILES string of the molecule is OC(Cc1ccc(Br)s1)c1ccc(F)cc1. The molecular formula is C12H10BrFOS. The fourth-order valence-electron chi connectivity index (χ4n) is 1.45. The molecule has 0 saturated heterocycles. The second-order valence-electron chi connectivity index (χ2n) is 3.48. The molecule has 84 valence electrons. The largest absolute Gasteiger partial charge is 0.388 e. The van der Waals surface area contributed by atoms with Crippen LogP contribution in [0.5, 0.6) is 0 Å². The molecule has 0 radical (unpaired) electrons. The summed E-state index contributed by atoms with van der Waals surface area (Å²) in [4.78, 5) is 1.10. The molecule has 4 heteroatoms. The quantitative estimate of drug-likeness (QED) is 0.911. The summed E-state index contributed by atoms with van der Waals surface area (Å²) in [5, 5.41) is 9.94. The molecule has 0 aliphatic rings. The number of aliphatic hydroxyl groups excluding tert-OH is 1. The van der Waals surface area contributed by atoms with E-state index < -0.39 is 6.10 Å². The van der Waals surface area contributed by atoms with Crippen LogP contribution in [0.25, 0.3) is 0 Å². The maximum absolute atomic E-state index is 12.7. The summed E-state index contributed by atoms with van der Waals surface area (Å²) in [6.45, 7) is 0. The maximum atomic E-state index is 12.7. The van der Waals surface area contributed by atoms with E-state index >= 15 is 0 Å². The van der Waals surface area contributed by atoms with Gasteiger partial charge in [0.25, 0.3) is 0 Å². The van der Waals surface area contributed by atoms with Crippen LogP contribution in [0.4, 0.5) is 4.39 Å². The van der Waals surface area contributed by atoms with E-state index in [1.54, 1.807) is 23.5 Å². The van der Waals surface area contributed by atoms with Crippen LogP contribution < -0.4 is 0 Å². The van der Waals surface area contributed by atoms with Crippen LogP contribution in [0.1, 0.15) is 16.5 Å². The van der Waals surface area contributed by atoms with Crippen molar-refractivity contribution in [1.82, 2.24) is 0 Å². The van der Waals surface area contributed by atoms with Gasteiger partial charge in [-0.1, -0.05) is 12.1 Å². The monoisotopic (exact) mass is 300 g/mol. The molecule has 0 amide bonds. The third-order valence-electron chi connectivity index (χ3n) is 2.28. The van der Waals surface area contributed by atoms with Crippen LogP contribution in [0, 0.1) is 5.82 Å². The number of halogens is 2. The Morgan fingerprint density at radius 2 is 1.88 bits per heavy atom. The Morgan fingerprint density at radius 3 is 2.44 bits per heavy atom. The highest BCUT2D eigenvalue weighted by molar-refractivity contribution is 9.11. The van der Waals surface area contributed by atoms with Crippen molar-refractivity contribution in [3.63, 3.8) is 0 Å². The number of aliphatic hydroxyl groups is 1. The zero-order valence-electron chi connectivity index (χ0n) is 8.36. The number of hydrogen-bond acceptors (Lipinski definition) is 2. The smallest absolute Gasteiger partial charge is 0.123 e. The lowest BCUT2D eigenvalue weighted by Gasteiger charge is -2.09. The van der Waals surface area contributed by atoms with Gasteiger partial charge in [-0.2, -0.15) is 0 Å². The number of hydrogen-bond donors (Lipinski definition) is 1. The molecule has 16 heavy (non-hydrogen) atoms. The highest BCUT2D eigenvalue weighted by Crippen LogP contribution is 2.26. The first-order valence-corrected chi connectivity index (χ1v) is 6.44. The normalized spacial score (nSPS) is 12.7. The van der Waals surface area contributed by atoms with E-state index in [0.29, 0.717) is 6.42 Å². The van der Waals surface area contributed by atoms with Gasteiger partial charge in [0.1, 0.15) is 5.82 Å². The average Bonchev–Trinajstić information content (AvgIpc) is 2.65. The summed E-state index contributed by atoms with van der Waals surface area (Å²) < 4.78 is 13.7. The van der Waals surface area contributed by atoms with Gasteiger partial charge in [0.05, 0.1) is 9.89 Å². The van der Waals surface area contributed by atoms with E-state index in [1.807, 2.05) is 12.1 Å². The molecular weight excluding hydrogens is 291 g/mol. The Balaban J connectivity index is 2.08. The van der Waals surface area contributed by atoms with Crippen molar-refractivity contribution in [3.8, 4) is 0 Å². The van der Waals surface area contributed by atoms with Gasteiger partial charge in [-0.15, -0.1) is 11.3 Å². The third kappa shape index (κ3) is 2.90. The van der Waals surface area contributed by atoms with Crippen LogP contribution in [0.3, 0.4) is 0 Å². The molecule has 1 aromatic carbocycles. The highest BCUT2D eigenvalue weighted by Gasteiger charge is 2.09. The summed E-state index contributed by atoms with van der Waals surface area (Å²) in [7, 11) is 0. The Hall–Kier alpha value is -0.710. The minimum Gasteiger partial charge on any atom is -0.388 e. The first-order chi connectivity index (χ1) is 7.65. The van der Waals surface area contributed by atoms with Gasteiger partial charge >= 0.3 is 0 Å². The van der Waals surface area contributed by atoms with Crippen molar-refractivity contribution >= 4 is 27.3 Å². The number of rotatable bonds is 3. The summed E-state index contributed by atoms with van der Waals surface area (Å²) in [5.74, 6) is -0.283. The lowest BCUT2D eigenvalue weighted by molar-refractivity contribution is 0.179. The minimum absolute atomic E-state index is 0.283. The Bertz CT molecular complexity index is 466. The minimum atomic E-state index is -0.578. The van der Waals surface area contributed by atoms with Gasteiger partial charge in [0, 0.05) is 11.3 Å². The van der Waals surface area contributed by atoms with Crippen molar-refractivity contribution in [3.05, 3.63) is 56.4 Å². The van der Waals surface area contributed by atoms with E-state index in [0.717, 1.165) is 14.2 Å². The zero-order valence-corrected chi connectivity index (χ0v) is 10.8. The maximum Gasteiger partial charge on any atom is 0.123 e. The number of thiophene rings is 1. The van der Waals surface area contributed by atoms with Crippen molar-refractivity contribution < 1.29 is 9.50 Å². The van der Waals surface area contributed by atoms with E-state index in [2.05, 4.69) is 15.9 Å². The summed E-state index contributed by atoms with van der Waals surface area (Å²) in [6.07, 6.45) is -0.0202. The van der Waals surface area contributed by atoms with Gasteiger partial charge in [0.2, 0.25) is 0 Å². The summed E-state index contributed by atoms with van der Waals surface area (Å²) in [5.41, 5.74) is 0.742. The predicted octanol–water partition coefficient (Wildman–Crippen LogP) is 3.93. The lowest BCUT2D eigenvalue weighted by atomic mass is 10.1. The molecule has 1 nitrogen and oxygen atoms in total. The summed E-state index contributed by atoms with van der Waals surface area (Å²) >= 11 is 4.97. The van der Waals surface area contributed by atoms with Crippen LogP contribution in [0.2, 0.25) is 0 Å². The van der Waals surface area contributed by atoms with Crippen molar-refractivity contribution in [2.45, 2.75) is 12.5 Å². The van der Waals surface area contributed by atoms with Crippen LogP contribution in [-0.2, 0) is 6.42 Å². The Labute approximate surface area is 106 Å². The molecule has 0 aliphatic carbocycles. The molecule has 0 bridgehead atoms. The number of benzene rings is 1. The van der Waals surface area contributed by atoms with Gasteiger partial charge in [-0.05, 0) is 45.8 Å². The summed E-state index contributed by atoms with van der Waals surface area (Å²) in [6, 6.07) is 9.88. The molecule has 2 aromatic rings. The Kier molecular flexibility index (Phi) is 3.74. The fraction of sp³-hybridized carbons (Fsp3) is 0.167. The van der Waals surface area contributed by atoms with Gasteiger partial charge in [-0.25, -0.2) is 4.39 Å². The molecule has 1 N–H and O–H groups in total. The second kappa shape index (κ2) is 5.08. The van der Waals surface area contributed by atoms with E-state index in [9.17, 15) is 9.50 Å². The predicted molar refractivity (Wildman–Crippen MR) is 67.1 cm³/mol. The lowest BCUT2D eigenvalue weighted by Crippen LogP contribution is -2.00. The zero-order chi connectivity index (χ0) is 11.5. The van der Waals surface area contributed by atoms with Gasteiger partial charge in [0.15, 0.2) is 0 Å².